The van der Waals surface area contributed by atoms with E-state index in [0.717, 1.165) is 5.56 Å². The molecule has 0 bridgehead atoms. The highest BCUT2D eigenvalue weighted by Crippen LogP contribution is 2.24. The SMILES string of the molecule is O=C(O)c1ccc2oc(-c3ccccc3)nc2c1. The summed E-state index contributed by atoms with van der Waals surface area (Å²) in [5, 5.41) is 8.91. The zero-order chi connectivity index (χ0) is 12.5. The highest BCUT2D eigenvalue weighted by Gasteiger charge is 2.10. The van der Waals surface area contributed by atoms with E-state index in [1.165, 1.54) is 12.1 Å². The van der Waals surface area contributed by atoms with Gasteiger partial charge in [-0.1, -0.05) is 18.2 Å². The molecular formula is C14H9NO3. The Bertz CT molecular complexity index is 716. The molecule has 88 valence electrons. The Labute approximate surface area is 103 Å². The van der Waals surface area contributed by atoms with E-state index in [1.54, 1.807) is 6.07 Å². The van der Waals surface area contributed by atoms with Crippen molar-refractivity contribution in [3.05, 3.63) is 54.1 Å². The number of rotatable bonds is 2. The number of benzene rings is 2. The lowest BCUT2D eigenvalue weighted by Crippen LogP contribution is -1.94. The minimum atomic E-state index is -0.971. The lowest BCUT2D eigenvalue weighted by molar-refractivity contribution is 0.0697. The van der Waals surface area contributed by atoms with E-state index in [1.807, 2.05) is 30.3 Å². The van der Waals surface area contributed by atoms with Crippen LogP contribution in [0.4, 0.5) is 0 Å². The van der Waals surface area contributed by atoms with Gasteiger partial charge in [0.2, 0.25) is 5.89 Å². The fourth-order valence-electron chi connectivity index (χ4n) is 1.76. The Morgan fingerprint density at radius 1 is 1.11 bits per heavy atom. The maximum absolute atomic E-state index is 10.9. The largest absolute Gasteiger partial charge is 0.478 e. The van der Waals surface area contributed by atoms with Crippen molar-refractivity contribution in [3.8, 4) is 11.5 Å². The molecule has 4 heteroatoms. The lowest BCUT2D eigenvalue weighted by Gasteiger charge is -1.91. The zero-order valence-corrected chi connectivity index (χ0v) is 9.33. The minimum absolute atomic E-state index is 0.204. The maximum Gasteiger partial charge on any atom is 0.335 e. The summed E-state index contributed by atoms with van der Waals surface area (Å²) in [7, 11) is 0. The Morgan fingerprint density at radius 2 is 1.89 bits per heavy atom. The third kappa shape index (κ3) is 1.73. The summed E-state index contributed by atoms with van der Waals surface area (Å²) in [6.45, 7) is 0. The highest BCUT2D eigenvalue weighted by atomic mass is 16.4. The van der Waals surface area contributed by atoms with Gasteiger partial charge < -0.3 is 9.52 Å². The first-order valence-corrected chi connectivity index (χ1v) is 5.43. The predicted octanol–water partition coefficient (Wildman–Crippen LogP) is 3.19. The van der Waals surface area contributed by atoms with Crippen molar-refractivity contribution in [3.63, 3.8) is 0 Å². The van der Waals surface area contributed by atoms with Crippen molar-refractivity contribution in [2.45, 2.75) is 0 Å². The van der Waals surface area contributed by atoms with Gasteiger partial charge in [0.1, 0.15) is 5.52 Å². The third-order valence-corrected chi connectivity index (χ3v) is 2.66. The number of hydrogen-bond donors (Lipinski definition) is 1. The molecule has 1 heterocycles. The van der Waals surface area contributed by atoms with Crippen LogP contribution in [0.25, 0.3) is 22.6 Å². The molecule has 0 aliphatic heterocycles. The van der Waals surface area contributed by atoms with Crippen LogP contribution in [-0.4, -0.2) is 16.1 Å². The summed E-state index contributed by atoms with van der Waals surface area (Å²) in [5.41, 5.74) is 2.20. The van der Waals surface area contributed by atoms with Gasteiger partial charge in [-0.15, -0.1) is 0 Å². The van der Waals surface area contributed by atoms with Gasteiger partial charge in [0.15, 0.2) is 5.58 Å². The Hall–Kier alpha value is -2.62. The van der Waals surface area contributed by atoms with Gasteiger partial charge in [-0.05, 0) is 30.3 Å². The van der Waals surface area contributed by atoms with Crippen molar-refractivity contribution in [2.24, 2.45) is 0 Å². The summed E-state index contributed by atoms with van der Waals surface area (Å²) >= 11 is 0. The van der Waals surface area contributed by atoms with Gasteiger partial charge in [-0.3, -0.25) is 0 Å². The number of oxazole rings is 1. The number of aromatic carboxylic acids is 1. The van der Waals surface area contributed by atoms with Gasteiger partial charge >= 0.3 is 5.97 Å². The number of aromatic nitrogens is 1. The molecule has 1 N–H and O–H groups in total. The molecule has 2 aromatic carbocycles. The summed E-state index contributed by atoms with van der Waals surface area (Å²) in [6.07, 6.45) is 0. The Morgan fingerprint density at radius 3 is 2.61 bits per heavy atom. The van der Waals surface area contributed by atoms with Gasteiger partial charge in [-0.2, -0.15) is 0 Å². The van der Waals surface area contributed by atoms with Gasteiger partial charge in [0.25, 0.3) is 0 Å². The van der Waals surface area contributed by atoms with Crippen LogP contribution in [0, 0.1) is 0 Å². The maximum atomic E-state index is 10.9. The summed E-state index contributed by atoms with van der Waals surface area (Å²) < 4.78 is 5.58. The quantitative estimate of drug-likeness (QED) is 0.745. The van der Waals surface area contributed by atoms with E-state index in [4.69, 9.17) is 9.52 Å². The standard InChI is InChI=1S/C14H9NO3/c16-14(17)10-6-7-12-11(8-10)15-13(18-12)9-4-2-1-3-5-9/h1-8H,(H,16,17). The van der Waals surface area contributed by atoms with Crippen LogP contribution in [0.2, 0.25) is 0 Å². The number of carboxylic acids is 1. The molecule has 0 atom stereocenters. The smallest absolute Gasteiger partial charge is 0.335 e. The Kier molecular flexibility index (Phi) is 2.34. The fraction of sp³-hybridized carbons (Fsp3) is 0. The summed E-state index contributed by atoms with van der Waals surface area (Å²) in [5.74, 6) is -0.478. The second kappa shape index (κ2) is 4.00. The summed E-state index contributed by atoms with van der Waals surface area (Å²) in [6, 6.07) is 14.1. The average Bonchev–Trinajstić information content (AvgIpc) is 2.82. The van der Waals surface area contributed by atoms with E-state index in [2.05, 4.69) is 4.98 Å². The van der Waals surface area contributed by atoms with Crippen LogP contribution >= 0.6 is 0 Å². The minimum Gasteiger partial charge on any atom is -0.478 e. The summed E-state index contributed by atoms with van der Waals surface area (Å²) in [4.78, 5) is 15.2. The van der Waals surface area contributed by atoms with E-state index >= 15 is 0 Å². The molecule has 0 saturated carbocycles. The normalized spacial score (nSPS) is 10.7. The molecule has 0 unspecified atom stereocenters. The third-order valence-electron chi connectivity index (χ3n) is 2.66. The molecule has 0 aliphatic carbocycles. The van der Waals surface area contributed by atoms with Gasteiger partial charge in [0.05, 0.1) is 5.56 Å². The number of nitrogens with zero attached hydrogens (tertiary/aromatic N) is 1. The number of carbonyl (C=O) groups is 1. The molecule has 3 rings (SSSR count). The lowest BCUT2D eigenvalue weighted by atomic mass is 10.2. The fourth-order valence-corrected chi connectivity index (χ4v) is 1.76. The molecule has 0 fully saturated rings. The van der Waals surface area contributed by atoms with Gasteiger partial charge in [0, 0.05) is 5.56 Å². The topological polar surface area (TPSA) is 63.3 Å². The second-order valence-electron chi connectivity index (χ2n) is 3.87. The van der Waals surface area contributed by atoms with Crippen LogP contribution in [0.3, 0.4) is 0 Å². The molecule has 0 amide bonds. The molecule has 0 aliphatic rings. The molecule has 1 aromatic heterocycles. The zero-order valence-electron chi connectivity index (χ0n) is 9.33. The van der Waals surface area contributed by atoms with Crippen molar-refractivity contribution in [1.82, 2.24) is 4.98 Å². The van der Waals surface area contributed by atoms with Crippen LogP contribution in [0.15, 0.2) is 52.9 Å². The van der Waals surface area contributed by atoms with Crippen LogP contribution < -0.4 is 0 Å². The number of fused-ring (bicyclic) bond motifs is 1. The number of hydrogen-bond acceptors (Lipinski definition) is 3. The molecule has 0 spiro atoms. The van der Waals surface area contributed by atoms with Crippen molar-refractivity contribution in [1.29, 1.82) is 0 Å². The first kappa shape index (κ1) is 10.5. The van der Waals surface area contributed by atoms with Gasteiger partial charge in [-0.25, -0.2) is 9.78 Å². The van der Waals surface area contributed by atoms with E-state index in [-0.39, 0.29) is 5.56 Å². The second-order valence-corrected chi connectivity index (χ2v) is 3.87. The first-order valence-electron chi connectivity index (χ1n) is 5.43. The van der Waals surface area contributed by atoms with Crippen LogP contribution in [-0.2, 0) is 0 Å². The van der Waals surface area contributed by atoms with E-state index in [9.17, 15) is 4.79 Å². The highest BCUT2D eigenvalue weighted by molar-refractivity contribution is 5.92. The van der Waals surface area contributed by atoms with E-state index < -0.39 is 5.97 Å². The number of carboxylic acid groups (broad SMARTS) is 1. The predicted molar refractivity (Wildman–Crippen MR) is 66.4 cm³/mol. The molecule has 4 nitrogen and oxygen atoms in total. The van der Waals surface area contributed by atoms with Crippen molar-refractivity contribution in [2.75, 3.05) is 0 Å². The van der Waals surface area contributed by atoms with Crippen LogP contribution in [0.1, 0.15) is 10.4 Å². The first-order chi connectivity index (χ1) is 8.74. The molecular weight excluding hydrogens is 230 g/mol. The van der Waals surface area contributed by atoms with Crippen molar-refractivity contribution >= 4 is 17.1 Å². The Balaban J connectivity index is 2.14. The van der Waals surface area contributed by atoms with Crippen molar-refractivity contribution < 1.29 is 14.3 Å². The molecule has 3 aromatic rings. The van der Waals surface area contributed by atoms with Crippen LogP contribution in [0.5, 0.6) is 0 Å². The average molecular weight is 239 g/mol. The monoisotopic (exact) mass is 239 g/mol. The molecule has 18 heavy (non-hydrogen) atoms. The molecule has 0 radical (unpaired) electrons. The van der Waals surface area contributed by atoms with E-state index in [0.29, 0.717) is 17.0 Å². The molecule has 0 saturated heterocycles.